The molecular formula is C14H25N3. The minimum absolute atomic E-state index is 0.498. The van der Waals surface area contributed by atoms with E-state index in [2.05, 4.69) is 35.6 Å². The van der Waals surface area contributed by atoms with Crippen LogP contribution in [0.5, 0.6) is 0 Å². The first-order valence-electron chi connectivity index (χ1n) is 6.88. The molecule has 96 valence electrons. The molecule has 0 spiro atoms. The molecule has 0 radical (unpaired) electrons. The Hall–Kier alpha value is -0.830. The Balaban J connectivity index is 1.83. The van der Waals surface area contributed by atoms with Gasteiger partial charge < -0.3 is 9.88 Å². The van der Waals surface area contributed by atoms with E-state index >= 15 is 0 Å². The summed E-state index contributed by atoms with van der Waals surface area (Å²) < 4.78 is 2.24. The first kappa shape index (κ1) is 12.6. The van der Waals surface area contributed by atoms with Crippen LogP contribution < -0.4 is 5.32 Å². The van der Waals surface area contributed by atoms with Crippen LogP contribution in [0.4, 0.5) is 0 Å². The third-order valence-corrected chi connectivity index (χ3v) is 4.27. The molecule has 0 bridgehead atoms. The predicted octanol–water partition coefficient (Wildman–Crippen LogP) is 3.13. The standard InChI is InChI=1S/C14H25N3/c1-4-14(6-5-7-14)10-15-8-13-9-16-11-17(13)12(2)3/h9,11-12,15H,4-8,10H2,1-3H3. The highest BCUT2D eigenvalue weighted by molar-refractivity contribution is 5.00. The van der Waals surface area contributed by atoms with Gasteiger partial charge in [-0.2, -0.15) is 0 Å². The minimum Gasteiger partial charge on any atom is -0.331 e. The number of aromatic nitrogens is 2. The number of imidazole rings is 1. The SMILES string of the molecule is CCC1(CNCc2cncn2C(C)C)CCC1. The number of hydrogen-bond donors (Lipinski definition) is 1. The van der Waals surface area contributed by atoms with Gasteiger partial charge in [0.25, 0.3) is 0 Å². The smallest absolute Gasteiger partial charge is 0.0951 e. The van der Waals surface area contributed by atoms with Crippen LogP contribution in [0.2, 0.25) is 0 Å². The lowest BCUT2D eigenvalue weighted by atomic mass is 9.67. The molecule has 0 saturated heterocycles. The fraction of sp³-hybridized carbons (Fsp3) is 0.786. The van der Waals surface area contributed by atoms with E-state index in [0.717, 1.165) is 13.1 Å². The topological polar surface area (TPSA) is 29.9 Å². The van der Waals surface area contributed by atoms with Crippen molar-refractivity contribution in [3.8, 4) is 0 Å². The average molecular weight is 235 g/mol. The second-order valence-corrected chi connectivity index (χ2v) is 5.70. The molecule has 2 rings (SSSR count). The molecule has 1 heterocycles. The van der Waals surface area contributed by atoms with Gasteiger partial charge in [0, 0.05) is 25.3 Å². The Bertz CT molecular complexity index is 345. The molecule has 1 aromatic rings. The van der Waals surface area contributed by atoms with Gasteiger partial charge in [-0.25, -0.2) is 4.98 Å². The summed E-state index contributed by atoms with van der Waals surface area (Å²) in [6, 6.07) is 0.498. The zero-order valence-electron chi connectivity index (χ0n) is 11.4. The summed E-state index contributed by atoms with van der Waals surface area (Å²) in [5, 5.41) is 3.62. The fourth-order valence-corrected chi connectivity index (χ4v) is 2.72. The lowest BCUT2D eigenvalue weighted by Gasteiger charge is -2.41. The van der Waals surface area contributed by atoms with Crippen molar-refractivity contribution in [2.24, 2.45) is 5.41 Å². The predicted molar refractivity (Wildman–Crippen MR) is 70.9 cm³/mol. The molecule has 17 heavy (non-hydrogen) atoms. The molecule has 1 aliphatic carbocycles. The molecule has 0 unspecified atom stereocenters. The van der Waals surface area contributed by atoms with Gasteiger partial charge in [-0.05, 0) is 38.5 Å². The first-order valence-corrected chi connectivity index (χ1v) is 6.88. The van der Waals surface area contributed by atoms with Crippen LogP contribution in [0.25, 0.3) is 0 Å². The Morgan fingerprint density at radius 2 is 2.24 bits per heavy atom. The monoisotopic (exact) mass is 235 g/mol. The van der Waals surface area contributed by atoms with Crippen molar-refractivity contribution >= 4 is 0 Å². The summed E-state index contributed by atoms with van der Waals surface area (Å²) in [5.74, 6) is 0. The highest BCUT2D eigenvalue weighted by atomic mass is 15.1. The molecule has 3 heteroatoms. The van der Waals surface area contributed by atoms with Crippen LogP contribution in [-0.4, -0.2) is 16.1 Å². The van der Waals surface area contributed by atoms with Gasteiger partial charge in [-0.1, -0.05) is 13.3 Å². The van der Waals surface area contributed by atoms with Gasteiger partial charge >= 0.3 is 0 Å². The van der Waals surface area contributed by atoms with Crippen molar-refractivity contribution < 1.29 is 0 Å². The molecule has 0 amide bonds. The molecule has 0 atom stereocenters. The van der Waals surface area contributed by atoms with E-state index in [-0.39, 0.29) is 0 Å². The third-order valence-electron chi connectivity index (χ3n) is 4.27. The highest BCUT2D eigenvalue weighted by Gasteiger charge is 2.34. The lowest BCUT2D eigenvalue weighted by Crippen LogP contribution is -2.39. The number of rotatable bonds is 6. The van der Waals surface area contributed by atoms with E-state index in [4.69, 9.17) is 0 Å². The van der Waals surface area contributed by atoms with E-state index in [1.807, 2.05) is 12.5 Å². The Labute approximate surface area is 105 Å². The van der Waals surface area contributed by atoms with Crippen molar-refractivity contribution in [3.63, 3.8) is 0 Å². The number of nitrogens with one attached hydrogen (secondary N) is 1. The van der Waals surface area contributed by atoms with Crippen LogP contribution >= 0.6 is 0 Å². The first-order chi connectivity index (χ1) is 8.17. The molecule has 3 nitrogen and oxygen atoms in total. The number of nitrogens with zero attached hydrogens (tertiary/aromatic N) is 2. The largest absolute Gasteiger partial charge is 0.331 e. The summed E-state index contributed by atoms with van der Waals surface area (Å²) >= 11 is 0. The average Bonchev–Trinajstić information content (AvgIpc) is 2.70. The van der Waals surface area contributed by atoms with Crippen molar-refractivity contribution in [1.82, 2.24) is 14.9 Å². The van der Waals surface area contributed by atoms with Gasteiger partial charge in [0.2, 0.25) is 0 Å². The summed E-state index contributed by atoms with van der Waals surface area (Å²) in [5.41, 5.74) is 1.90. The van der Waals surface area contributed by atoms with Crippen LogP contribution in [0, 0.1) is 5.41 Å². The maximum Gasteiger partial charge on any atom is 0.0951 e. The maximum atomic E-state index is 4.24. The van der Waals surface area contributed by atoms with Gasteiger partial charge in [0.05, 0.1) is 12.0 Å². The molecule has 1 saturated carbocycles. The minimum atomic E-state index is 0.498. The van der Waals surface area contributed by atoms with Gasteiger partial charge in [0.15, 0.2) is 0 Å². The summed E-state index contributed by atoms with van der Waals surface area (Å²) in [6.07, 6.45) is 9.44. The summed E-state index contributed by atoms with van der Waals surface area (Å²) in [7, 11) is 0. The molecule has 0 aromatic carbocycles. The van der Waals surface area contributed by atoms with Gasteiger partial charge in [-0.15, -0.1) is 0 Å². The summed E-state index contributed by atoms with van der Waals surface area (Å²) in [4.78, 5) is 4.24. The highest BCUT2D eigenvalue weighted by Crippen LogP contribution is 2.43. The molecule has 0 aliphatic heterocycles. The zero-order chi connectivity index (χ0) is 12.3. The van der Waals surface area contributed by atoms with Crippen LogP contribution in [0.1, 0.15) is 58.2 Å². The molecule has 1 aromatic heterocycles. The zero-order valence-corrected chi connectivity index (χ0v) is 11.4. The van der Waals surface area contributed by atoms with Crippen molar-refractivity contribution in [1.29, 1.82) is 0 Å². The van der Waals surface area contributed by atoms with E-state index in [0.29, 0.717) is 11.5 Å². The molecular weight excluding hydrogens is 210 g/mol. The Kier molecular flexibility index (Phi) is 3.87. The second-order valence-electron chi connectivity index (χ2n) is 5.70. The summed E-state index contributed by atoms with van der Waals surface area (Å²) in [6.45, 7) is 8.82. The van der Waals surface area contributed by atoms with E-state index in [9.17, 15) is 0 Å². The normalized spacial score (nSPS) is 18.4. The van der Waals surface area contributed by atoms with Crippen molar-refractivity contribution in [2.45, 2.75) is 59.0 Å². The third kappa shape index (κ3) is 2.71. The van der Waals surface area contributed by atoms with E-state index in [1.165, 1.54) is 31.4 Å². The lowest BCUT2D eigenvalue weighted by molar-refractivity contribution is 0.123. The van der Waals surface area contributed by atoms with E-state index in [1.54, 1.807) is 0 Å². The molecule has 1 N–H and O–H groups in total. The van der Waals surface area contributed by atoms with Crippen LogP contribution in [-0.2, 0) is 6.54 Å². The quantitative estimate of drug-likeness (QED) is 0.821. The number of hydrogen-bond acceptors (Lipinski definition) is 2. The van der Waals surface area contributed by atoms with Crippen LogP contribution in [0.15, 0.2) is 12.5 Å². The van der Waals surface area contributed by atoms with Gasteiger partial charge in [0.1, 0.15) is 0 Å². The van der Waals surface area contributed by atoms with Gasteiger partial charge in [-0.3, -0.25) is 0 Å². The second kappa shape index (κ2) is 5.21. The van der Waals surface area contributed by atoms with Crippen molar-refractivity contribution in [3.05, 3.63) is 18.2 Å². The molecule has 1 aliphatic rings. The van der Waals surface area contributed by atoms with E-state index < -0.39 is 0 Å². The van der Waals surface area contributed by atoms with Crippen LogP contribution in [0.3, 0.4) is 0 Å². The molecule has 1 fully saturated rings. The Morgan fingerprint density at radius 1 is 1.47 bits per heavy atom. The fourth-order valence-electron chi connectivity index (χ4n) is 2.72. The maximum absolute atomic E-state index is 4.24. The van der Waals surface area contributed by atoms with Crippen molar-refractivity contribution in [2.75, 3.05) is 6.54 Å². The Morgan fingerprint density at radius 3 is 2.76 bits per heavy atom.